The first-order valence-electron chi connectivity index (χ1n) is 11.9. The zero-order valence-corrected chi connectivity index (χ0v) is 18.9. The minimum absolute atomic E-state index is 0.144. The molecule has 2 aromatic carbocycles. The number of ketones is 4. The van der Waals surface area contributed by atoms with E-state index in [1.165, 1.54) is 0 Å². The number of rotatable bonds is 0. The molecule has 2 atom stereocenters. The third-order valence-electron chi connectivity index (χ3n) is 8.15. The van der Waals surface area contributed by atoms with E-state index in [0.29, 0.717) is 44.5 Å². The molecule has 0 aromatic heterocycles. The first-order chi connectivity index (χ1) is 17.5. The Morgan fingerprint density at radius 1 is 0.528 bits per heavy atom. The van der Waals surface area contributed by atoms with E-state index in [0.717, 1.165) is 22.3 Å². The van der Waals surface area contributed by atoms with Crippen molar-refractivity contribution in [2.45, 2.75) is 0 Å². The first-order valence-corrected chi connectivity index (χ1v) is 11.9. The molecule has 0 bridgehead atoms. The van der Waals surface area contributed by atoms with Crippen LogP contribution in [-0.2, 0) is 0 Å². The number of hydrogen-bond acceptors (Lipinski definition) is 4. The molecule has 2 aromatic rings. The normalized spacial score (nSPS) is 24.7. The molecular weight excluding hydrogens is 448 g/mol. The van der Waals surface area contributed by atoms with E-state index in [-0.39, 0.29) is 35.0 Å². The van der Waals surface area contributed by atoms with Crippen molar-refractivity contribution >= 4 is 23.1 Å². The average Bonchev–Trinajstić information content (AvgIpc) is 2.92. The Hall–Kier alpha value is -4.70. The third-order valence-corrected chi connectivity index (χ3v) is 8.15. The van der Waals surface area contributed by atoms with Gasteiger partial charge in [0.15, 0.2) is 23.1 Å². The summed E-state index contributed by atoms with van der Waals surface area (Å²) in [6.45, 7) is 0. The van der Waals surface area contributed by atoms with Crippen LogP contribution in [0.15, 0.2) is 130 Å². The van der Waals surface area contributed by atoms with Crippen LogP contribution in [-0.4, -0.2) is 23.1 Å². The molecule has 4 heteroatoms. The van der Waals surface area contributed by atoms with Crippen LogP contribution in [0.1, 0.15) is 41.4 Å². The van der Waals surface area contributed by atoms with Crippen molar-refractivity contribution < 1.29 is 19.2 Å². The summed E-state index contributed by atoms with van der Waals surface area (Å²) in [7, 11) is 0. The second-order valence-electron chi connectivity index (χ2n) is 9.81. The van der Waals surface area contributed by atoms with Crippen LogP contribution < -0.4 is 0 Å². The fourth-order valence-electron chi connectivity index (χ4n) is 6.61. The van der Waals surface area contributed by atoms with Gasteiger partial charge in [-0.05, 0) is 34.4 Å². The van der Waals surface area contributed by atoms with Crippen molar-refractivity contribution in [3.8, 4) is 0 Å². The number of carbonyl (C=O) groups is 4. The van der Waals surface area contributed by atoms with Gasteiger partial charge in [0.05, 0.1) is 0 Å². The van der Waals surface area contributed by atoms with Gasteiger partial charge >= 0.3 is 0 Å². The zero-order chi connectivity index (χ0) is 24.3. The molecule has 168 valence electrons. The standard InChI is InChI=1S/C32H16O4/c33-29-17-5-1-3-7-19(17)31(35)27-21-11-10-16-14-24-28(32(36)20-8-4-2-6-18(20)30(24)34)22-12-9-15(13-23(27)29)25(21)26(16)22/h1-14,25-26H/t25-,26-/m0/s1. The van der Waals surface area contributed by atoms with E-state index in [1.54, 1.807) is 48.5 Å². The largest absolute Gasteiger partial charge is 0.289 e. The highest BCUT2D eigenvalue weighted by Crippen LogP contribution is 2.55. The van der Waals surface area contributed by atoms with Crippen molar-refractivity contribution in [3.05, 3.63) is 152 Å². The third kappa shape index (κ3) is 2.20. The molecule has 0 heterocycles. The summed E-state index contributed by atoms with van der Waals surface area (Å²) >= 11 is 0. The summed E-state index contributed by atoms with van der Waals surface area (Å²) in [5.41, 5.74) is 6.96. The van der Waals surface area contributed by atoms with Gasteiger partial charge in [0.25, 0.3) is 0 Å². The zero-order valence-electron chi connectivity index (χ0n) is 18.9. The first kappa shape index (κ1) is 19.6. The highest BCUT2D eigenvalue weighted by Gasteiger charge is 2.48. The topological polar surface area (TPSA) is 68.3 Å². The van der Waals surface area contributed by atoms with Gasteiger partial charge < -0.3 is 0 Å². The summed E-state index contributed by atoms with van der Waals surface area (Å²) < 4.78 is 0. The van der Waals surface area contributed by atoms with Gasteiger partial charge in [0.1, 0.15) is 0 Å². The van der Waals surface area contributed by atoms with Crippen LogP contribution in [0.25, 0.3) is 0 Å². The van der Waals surface area contributed by atoms with Crippen molar-refractivity contribution in [1.82, 2.24) is 0 Å². The van der Waals surface area contributed by atoms with Crippen LogP contribution in [0.2, 0.25) is 0 Å². The molecule has 0 radical (unpaired) electrons. The van der Waals surface area contributed by atoms with Gasteiger partial charge in [-0.15, -0.1) is 0 Å². The number of Topliss-reactive ketones (excluding diaryl/α,β-unsaturated/α-hetero) is 4. The fourth-order valence-corrected chi connectivity index (χ4v) is 6.61. The van der Waals surface area contributed by atoms with Crippen molar-refractivity contribution in [2.24, 2.45) is 11.8 Å². The molecule has 36 heavy (non-hydrogen) atoms. The monoisotopic (exact) mass is 464 g/mol. The smallest absolute Gasteiger partial charge is 0.194 e. The molecule has 0 amide bonds. The fraction of sp³-hybridized carbons (Fsp3) is 0.0625. The number of allylic oxidation sites excluding steroid dienone is 14. The lowest BCUT2D eigenvalue weighted by atomic mass is 9.58. The van der Waals surface area contributed by atoms with E-state index >= 15 is 0 Å². The highest BCUT2D eigenvalue weighted by atomic mass is 16.1. The van der Waals surface area contributed by atoms with Crippen LogP contribution >= 0.6 is 0 Å². The van der Waals surface area contributed by atoms with Gasteiger partial charge in [-0.2, -0.15) is 0 Å². The Labute approximate surface area is 206 Å². The maximum Gasteiger partial charge on any atom is 0.194 e. The van der Waals surface area contributed by atoms with E-state index in [4.69, 9.17) is 0 Å². The number of fused-ring (bicyclic) bond motifs is 4. The van der Waals surface area contributed by atoms with E-state index in [1.807, 2.05) is 36.5 Å². The van der Waals surface area contributed by atoms with E-state index in [9.17, 15) is 19.2 Å². The van der Waals surface area contributed by atoms with Crippen molar-refractivity contribution in [1.29, 1.82) is 0 Å². The minimum atomic E-state index is -0.198. The number of carbonyl (C=O) groups excluding carboxylic acids is 4. The second-order valence-corrected chi connectivity index (χ2v) is 9.81. The molecule has 4 nitrogen and oxygen atoms in total. The lowest BCUT2D eigenvalue weighted by Crippen LogP contribution is -2.37. The predicted molar refractivity (Wildman–Crippen MR) is 133 cm³/mol. The number of benzene rings is 2. The molecule has 0 spiro atoms. The SMILES string of the molecule is O=C1C2=CC3=CC=C4C5=C(C=C6C=CC(=C2C(=O)c2ccccc21)[C@H]3[C@@H]64)C(=O)c1ccccc1C5=O. The van der Waals surface area contributed by atoms with E-state index in [2.05, 4.69) is 0 Å². The summed E-state index contributed by atoms with van der Waals surface area (Å²) in [5, 5.41) is 0. The van der Waals surface area contributed by atoms with Gasteiger partial charge in [0, 0.05) is 56.4 Å². The molecule has 8 rings (SSSR count). The molecule has 0 saturated heterocycles. The van der Waals surface area contributed by atoms with Gasteiger partial charge in [0.2, 0.25) is 0 Å². The van der Waals surface area contributed by atoms with Crippen molar-refractivity contribution in [3.63, 3.8) is 0 Å². The van der Waals surface area contributed by atoms with Crippen LogP contribution in [0.5, 0.6) is 0 Å². The Kier molecular flexibility index (Phi) is 3.53. The quantitative estimate of drug-likeness (QED) is 0.532. The predicted octanol–water partition coefficient (Wildman–Crippen LogP) is 5.29. The Balaban J connectivity index is 1.38. The van der Waals surface area contributed by atoms with Crippen LogP contribution in [0.3, 0.4) is 0 Å². The van der Waals surface area contributed by atoms with Crippen molar-refractivity contribution in [2.75, 3.05) is 0 Å². The van der Waals surface area contributed by atoms with Crippen LogP contribution in [0, 0.1) is 11.8 Å². The average molecular weight is 464 g/mol. The summed E-state index contributed by atoms with van der Waals surface area (Å²) in [4.78, 5) is 54.1. The summed E-state index contributed by atoms with van der Waals surface area (Å²) in [5.74, 6) is -0.975. The minimum Gasteiger partial charge on any atom is -0.289 e. The lowest BCUT2D eigenvalue weighted by Gasteiger charge is -2.44. The Morgan fingerprint density at radius 3 is 1.83 bits per heavy atom. The lowest BCUT2D eigenvalue weighted by molar-refractivity contribution is 0.0970. The Morgan fingerprint density at radius 2 is 1.14 bits per heavy atom. The van der Waals surface area contributed by atoms with Crippen LogP contribution in [0.4, 0.5) is 0 Å². The molecule has 0 unspecified atom stereocenters. The summed E-state index contributed by atoms with van der Waals surface area (Å²) in [6.07, 6.45) is 11.4. The maximum absolute atomic E-state index is 13.6. The number of hydrogen-bond donors (Lipinski definition) is 0. The molecule has 0 saturated carbocycles. The second kappa shape index (κ2) is 6.49. The summed E-state index contributed by atoms with van der Waals surface area (Å²) in [6, 6.07) is 13.9. The highest BCUT2D eigenvalue weighted by molar-refractivity contribution is 6.32. The molecular formula is C32H16O4. The molecule has 0 aliphatic heterocycles. The molecule has 6 aliphatic carbocycles. The maximum atomic E-state index is 13.6. The van der Waals surface area contributed by atoms with Gasteiger partial charge in [-0.3, -0.25) is 19.2 Å². The molecule has 0 fully saturated rings. The van der Waals surface area contributed by atoms with Gasteiger partial charge in [-0.25, -0.2) is 0 Å². The van der Waals surface area contributed by atoms with E-state index < -0.39 is 0 Å². The molecule has 6 aliphatic rings. The Bertz CT molecular complexity index is 1790. The molecule has 0 N–H and O–H groups in total. The van der Waals surface area contributed by atoms with Gasteiger partial charge in [-0.1, -0.05) is 72.8 Å².